The van der Waals surface area contributed by atoms with E-state index in [4.69, 9.17) is 14.2 Å². The smallest absolute Gasteiger partial charge is 0.264 e. The Kier molecular flexibility index (Phi) is 7.69. The normalized spacial score (nSPS) is 15.1. The number of hydrogen-bond donors (Lipinski definition) is 2. The molecule has 0 aromatic heterocycles. The van der Waals surface area contributed by atoms with Gasteiger partial charge in [-0.1, -0.05) is 24.3 Å². The maximum absolute atomic E-state index is 12.4. The number of amidine groups is 1. The molecule has 3 aromatic rings. The van der Waals surface area contributed by atoms with Gasteiger partial charge in [-0.15, -0.1) is 0 Å². The third-order valence-electron chi connectivity index (χ3n) is 4.86. The highest BCUT2D eigenvalue weighted by Crippen LogP contribution is 2.32. The topological polar surface area (TPSA) is 98.3 Å². The van der Waals surface area contributed by atoms with Gasteiger partial charge < -0.3 is 24.8 Å². The number of carbonyl (C=O) groups is 2. The predicted octanol–water partition coefficient (Wildman–Crippen LogP) is 4.61. The van der Waals surface area contributed by atoms with E-state index in [1.807, 2.05) is 30.3 Å². The first-order chi connectivity index (χ1) is 17.0. The number of nitrogens with zero attached hydrogens (tertiary/aromatic N) is 1. The molecule has 1 heterocycles. The SMILES string of the molecule is COc1ccc(N=C2NC(=O)/C(=C\c3ccc(OCC(=O)Nc4ccccc4)c(OC)c3)S2)cc1. The number of aliphatic imine (C=N–C) groups is 1. The van der Waals surface area contributed by atoms with Crippen LogP contribution in [0.2, 0.25) is 0 Å². The Morgan fingerprint density at radius 3 is 2.49 bits per heavy atom. The van der Waals surface area contributed by atoms with Crippen molar-refractivity contribution in [2.75, 3.05) is 26.1 Å². The first-order valence-electron chi connectivity index (χ1n) is 10.6. The number of hydrogen-bond acceptors (Lipinski definition) is 7. The van der Waals surface area contributed by atoms with E-state index in [0.29, 0.717) is 32.9 Å². The quantitative estimate of drug-likeness (QED) is 0.449. The highest BCUT2D eigenvalue weighted by Gasteiger charge is 2.24. The van der Waals surface area contributed by atoms with Crippen LogP contribution in [0.3, 0.4) is 0 Å². The summed E-state index contributed by atoms with van der Waals surface area (Å²) in [5.41, 5.74) is 2.14. The Balaban J connectivity index is 1.41. The van der Waals surface area contributed by atoms with Gasteiger partial charge in [0.15, 0.2) is 23.3 Å². The Hall–Kier alpha value is -4.24. The standard InChI is InChI=1S/C26H23N3O5S/c1-32-20-11-9-19(10-12-20)28-26-29-25(31)23(35-26)15-17-8-13-21(22(14-17)33-2)34-16-24(30)27-18-6-4-3-5-7-18/h3-15H,16H2,1-2H3,(H,27,30)(H,28,29,31)/b23-15+. The van der Waals surface area contributed by atoms with Crippen LogP contribution in [-0.2, 0) is 9.59 Å². The lowest BCUT2D eigenvalue weighted by molar-refractivity contribution is -0.118. The number of anilines is 1. The largest absolute Gasteiger partial charge is 0.497 e. The number of amides is 2. The van der Waals surface area contributed by atoms with Gasteiger partial charge in [0.2, 0.25) is 0 Å². The van der Waals surface area contributed by atoms with E-state index < -0.39 is 0 Å². The molecule has 1 aliphatic rings. The van der Waals surface area contributed by atoms with Crippen LogP contribution in [0.1, 0.15) is 5.56 Å². The first-order valence-corrected chi connectivity index (χ1v) is 11.4. The zero-order valence-corrected chi connectivity index (χ0v) is 19.9. The summed E-state index contributed by atoms with van der Waals surface area (Å²) >= 11 is 1.25. The maximum atomic E-state index is 12.4. The van der Waals surface area contributed by atoms with Crippen molar-refractivity contribution in [3.63, 3.8) is 0 Å². The van der Waals surface area contributed by atoms with Crippen LogP contribution in [0.4, 0.5) is 11.4 Å². The Morgan fingerprint density at radius 1 is 1.00 bits per heavy atom. The molecule has 0 bridgehead atoms. The molecule has 0 unspecified atom stereocenters. The number of para-hydroxylation sites is 1. The van der Waals surface area contributed by atoms with Gasteiger partial charge in [0.05, 0.1) is 24.8 Å². The highest BCUT2D eigenvalue weighted by atomic mass is 32.2. The van der Waals surface area contributed by atoms with Crippen molar-refractivity contribution >= 4 is 46.2 Å². The molecule has 8 nitrogen and oxygen atoms in total. The van der Waals surface area contributed by atoms with Crippen molar-refractivity contribution in [2.24, 2.45) is 4.99 Å². The van der Waals surface area contributed by atoms with Crippen molar-refractivity contribution in [1.29, 1.82) is 0 Å². The molecule has 0 spiro atoms. The van der Waals surface area contributed by atoms with Crippen LogP contribution in [0.25, 0.3) is 6.08 Å². The van der Waals surface area contributed by atoms with E-state index in [0.717, 1.165) is 11.3 Å². The van der Waals surface area contributed by atoms with Crippen LogP contribution in [0, 0.1) is 0 Å². The Labute approximate surface area is 207 Å². The second-order valence-electron chi connectivity index (χ2n) is 7.29. The van der Waals surface area contributed by atoms with E-state index >= 15 is 0 Å². The molecule has 1 saturated heterocycles. The lowest BCUT2D eigenvalue weighted by Crippen LogP contribution is -2.20. The molecule has 2 N–H and O–H groups in total. The third-order valence-corrected chi connectivity index (χ3v) is 5.77. The lowest BCUT2D eigenvalue weighted by Gasteiger charge is -2.11. The van der Waals surface area contributed by atoms with Gasteiger partial charge in [0, 0.05) is 5.69 Å². The molecule has 178 valence electrons. The number of nitrogens with one attached hydrogen (secondary N) is 2. The summed E-state index contributed by atoms with van der Waals surface area (Å²) in [5, 5.41) is 6.02. The molecule has 9 heteroatoms. The van der Waals surface area contributed by atoms with E-state index in [9.17, 15) is 9.59 Å². The summed E-state index contributed by atoms with van der Waals surface area (Å²) in [5.74, 6) is 1.08. The molecular formula is C26H23N3O5S. The summed E-state index contributed by atoms with van der Waals surface area (Å²) in [6.45, 7) is -0.171. The minimum absolute atomic E-state index is 0.171. The number of thioether (sulfide) groups is 1. The van der Waals surface area contributed by atoms with Crippen molar-refractivity contribution in [2.45, 2.75) is 0 Å². The second-order valence-corrected chi connectivity index (χ2v) is 8.32. The highest BCUT2D eigenvalue weighted by molar-refractivity contribution is 8.18. The summed E-state index contributed by atoms with van der Waals surface area (Å²) < 4.78 is 16.2. The summed E-state index contributed by atoms with van der Waals surface area (Å²) in [4.78, 5) is 29.5. The summed E-state index contributed by atoms with van der Waals surface area (Å²) in [6, 6.07) is 21.6. The lowest BCUT2D eigenvalue weighted by atomic mass is 10.2. The summed E-state index contributed by atoms with van der Waals surface area (Å²) in [6.07, 6.45) is 1.74. The van der Waals surface area contributed by atoms with Gasteiger partial charge in [0.1, 0.15) is 5.75 Å². The average molecular weight is 490 g/mol. The Morgan fingerprint density at radius 2 is 1.77 bits per heavy atom. The van der Waals surface area contributed by atoms with Crippen LogP contribution in [0.15, 0.2) is 82.7 Å². The number of ether oxygens (including phenoxy) is 3. The van der Waals surface area contributed by atoms with E-state index in [2.05, 4.69) is 15.6 Å². The fraction of sp³-hybridized carbons (Fsp3) is 0.115. The third kappa shape index (κ3) is 6.42. The van der Waals surface area contributed by atoms with Gasteiger partial charge in [0.25, 0.3) is 11.8 Å². The molecule has 0 radical (unpaired) electrons. The first kappa shape index (κ1) is 23.9. The van der Waals surface area contributed by atoms with E-state index in [1.54, 1.807) is 55.7 Å². The molecular weight excluding hydrogens is 466 g/mol. The van der Waals surface area contributed by atoms with Gasteiger partial charge in [-0.25, -0.2) is 4.99 Å². The zero-order valence-electron chi connectivity index (χ0n) is 19.1. The molecule has 3 aromatic carbocycles. The van der Waals surface area contributed by atoms with Crippen molar-refractivity contribution in [1.82, 2.24) is 5.32 Å². The molecule has 0 atom stereocenters. The van der Waals surface area contributed by atoms with Crippen molar-refractivity contribution < 1.29 is 23.8 Å². The molecule has 35 heavy (non-hydrogen) atoms. The number of methoxy groups -OCH3 is 2. The van der Waals surface area contributed by atoms with Crippen LogP contribution in [0.5, 0.6) is 17.2 Å². The molecule has 2 amide bonds. The van der Waals surface area contributed by atoms with Gasteiger partial charge in [-0.2, -0.15) is 0 Å². The predicted molar refractivity (Wildman–Crippen MR) is 137 cm³/mol. The van der Waals surface area contributed by atoms with Crippen molar-refractivity contribution in [3.8, 4) is 17.2 Å². The van der Waals surface area contributed by atoms with Crippen LogP contribution < -0.4 is 24.8 Å². The van der Waals surface area contributed by atoms with Gasteiger partial charge in [-0.3, -0.25) is 9.59 Å². The zero-order chi connectivity index (χ0) is 24.6. The molecule has 1 fully saturated rings. The van der Waals surface area contributed by atoms with E-state index in [-0.39, 0.29) is 18.4 Å². The van der Waals surface area contributed by atoms with Crippen LogP contribution >= 0.6 is 11.8 Å². The molecule has 0 saturated carbocycles. The number of rotatable bonds is 8. The average Bonchev–Trinajstić information content (AvgIpc) is 3.22. The van der Waals surface area contributed by atoms with Crippen LogP contribution in [-0.4, -0.2) is 37.8 Å². The fourth-order valence-corrected chi connectivity index (χ4v) is 4.00. The molecule has 4 rings (SSSR count). The van der Waals surface area contributed by atoms with E-state index in [1.165, 1.54) is 18.9 Å². The minimum Gasteiger partial charge on any atom is -0.497 e. The number of carbonyl (C=O) groups excluding carboxylic acids is 2. The van der Waals surface area contributed by atoms with Crippen molar-refractivity contribution in [3.05, 3.63) is 83.3 Å². The summed E-state index contributed by atoms with van der Waals surface area (Å²) in [7, 11) is 3.11. The van der Waals surface area contributed by atoms with Gasteiger partial charge in [-0.05, 0) is 71.9 Å². The Bertz CT molecular complexity index is 1270. The maximum Gasteiger partial charge on any atom is 0.264 e. The monoisotopic (exact) mass is 489 g/mol. The number of benzene rings is 3. The van der Waals surface area contributed by atoms with Gasteiger partial charge >= 0.3 is 0 Å². The fourth-order valence-electron chi connectivity index (χ4n) is 3.16. The second kappa shape index (κ2) is 11.3. The minimum atomic E-state index is -0.285. The molecule has 0 aliphatic carbocycles. The molecule has 1 aliphatic heterocycles.